The van der Waals surface area contributed by atoms with Gasteiger partial charge in [-0.3, -0.25) is 9.78 Å². The standard InChI is InChI=1S/C15H13N3O2/c16-7-10-5-6-12(17-8-10)15(19)18-13-9-20-14-4-2-1-3-11(13)14/h1-6,8-9H,7,16H2,(H,18,19). The summed E-state index contributed by atoms with van der Waals surface area (Å²) >= 11 is 0. The Morgan fingerprint density at radius 2 is 2.10 bits per heavy atom. The van der Waals surface area contributed by atoms with Gasteiger partial charge in [0.25, 0.3) is 5.91 Å². The number of para-hydroxylation sites is 1. The van der Waals surface area contributed by atoms with E-state index in [1.807, 2.05) is 24.3 Å². The Hall–Kier alpha value is -2.66. The number of nitrogens with one attached hydrogen (secondary N) is 1. The Morgan fingerprint density at radius 1 is 1.25 bits per heavy atom. The lowest BCUT2D eigenvalue weighted by Gasteiger charge is -2.03. The summed E-state index contributed by atoms with van der Waals surface area (Å²) < 4.78 is 5.37. The van der Waals surface area contributed by atoms with Crippen LogP contribution >= 0.6 is 0 Å². The van der Waals surface area contributed by atoms with E-state index in [1.54, 1.807) is 18.3 Å². The molecule has 2 heterocycles. The molecule has 100 valence electrons. The number of hydrogen-bond donors (Lipinski definition) is 2. The predicted octanol–water partition coefficient (Wildman–Crippen LogP) is 2.54. The van der Waals surface area contributed by atoms with Crippen molar-refractivity contribution in [3.8, 4) is 0 Å². The Labute approximate surface area is 115 Å². The van der Waals surface area contributed by atoms with Gasteiger partial charge in [-0.1, -0.05) is 18.2 Å². The van der Waals surface area contributed by atoms with Gasteiger partial charge in [-0.15, -0.1) is 0 Å². The van der Waals surface area contributed by atoms with Gasteiger partial charge >= 0.3 is 0 Å². The van der Waals surface area contributed by atoms with Crippen LogP contribution in [0.4, 0.5) is 5.69 Å². The third-order valence-electron chi connectivity index (χ3n) is 3.02. The van der Waals surface area contributed by atoms with Gasteiger partial charge in [-0.2, -0.15) is 0 Å². The highest BCUT2D eigenvalue weighted by atomic mass is 16.3. The molecule has 0 radical (unpaired) electrons. The van der Waals surface area contributed by atoms with Crippen molar-refractivity contribution in [2.45, 2.75) is 6.54 Å². The van der Waals surface area contributed by atoms with E-state index >= 15 is 0 Å². The van der Waals surface area contributed by atoms with Crippen LogP contribution in [0.1, 0.15) is 16.1 Å². The first-order valence-electron chi connectivity index (χ1n) is 6.20. The molecule has 1 aromatic carbocycles. The Morgan fingerprint density at radius 3 is 2.85 bits per heavy atom. The predicted molar refractivity (Wildman–Crippen MR) is 76.3 cm³/mol. The van der Waals surface area contributed by atoms with Crippen molar-refractivity contribution < 1.29 is 9.21 Å². The molecule has 0 aliphatic heterocycles. The number of furan rings is 1. The maximum atomic E-state index is 12.1. The molecule has 1 amide bonds. The van der Waals surface area contributed by atoms with E-state index < -0.39 is 0 Å². The number of carbonyl (C=O) groups is 1. The van der Waals surface area contributed by atoms with Crippen molar-refractivity contribution in [3.63, 3.8) is 0 Å². The minimum atomic E-state index is -0.278. The van der Waals surface area contributed by atoms with Crippen LogP contribution in [0.2, 0.25) is 0 Å². The molecule has 0 saturated heterocycles. The Balaban J connectivity index is 1.84. The summed E-state index contributed by atoms with van der Waals surface area (Å²) in [5, 5.41) is 3.65. The molecule has 0 fully saturated rings. The summed E-state index contributed by atoms with van der Waals surface area (Å²) in [6.07, 6.45) is 3.12. The van der Waals surface area contributed by atoms with Crippen LogP contribution in [-0.2, 0) is 6.54 Å². The number of benzene rings is 1. The van der Waals surface area contributed by atoms with Crippen LogP contribution in [-0.4, -0.2) is 10.9 Å². The van der Waals surface area contributed by atoms with E-state index in [-0.39, 0.29) is 5.91 Å². The largest absolute Gasteiger partial charge is 0.462 e. The number of carbonyl (C=O) groups excluding carboxylic acids is 1. The van der Waals surface area contributed by atoms with Crippen molar-refractivity contribution in [1.29, 1.82) is 0 Å². The highest BCUT2D eigenvalue weighted by Gasteiger charge is 2.11. The van der Waals surface area contributed by atoms with Gasteiger partial charge in [0.05, 0.1) is 5.69 Å². The van der Waals surface area contributed by atoms with Crippen molar-refractivity contribution in [3.05, 3.63) is 60.1 Å². The first-order valence-corrected chi connectivity index (χ1v) is 6.20. The average molecular weight is 267 g/mol. The summed E-state index contributed by atoms with van der Waals surface area (Å²) in [7, 11) is 0. The van der Waals surface area contributed by atoms with Crippen LogP contribution < -0.4 is 11.1 Å². The maximum absolute atomic E-state index is 12.1. The molecular weight excluding hydrogens is 254 g/mol. The van der Waals surface area contributed by atoms with E-state index in [1.165, 1.54) is 6.26 Å². The molecule has 2 aromatic heterocycles. The lowest BCUT2D eigenvalue weighted by molar-refractivity contribution is 0.102. The second-order valence-corrected chi connectivity index (χ2v) is 4.36. The molecule has 0 saturated carbocycles. The van der Waals surface area contributed by atoms with Crippen molar-refractivity contribution in [1.82, 2.24) is 4.98 Å². The van der Waals surface area contributed by atoms with E-state index in [4.69, 9.17) is 10.2 Å². The van der Waals surface area contributed by atoms with Gasteiger partial charge in [-0.05, 0) is 23.8 Å². The fourth-order valence-corrected chi connectivity index (χ4v) is 1.94. The van der Waals surface area contributed by atoms with E-state index in [2.05, 4.69) is 10.3 Å². The minimum Gasteiger partial charge on any atom is -0.462 e. The number of pyridine rings is 1. The van der Waals surface area contributed by atoms with Gasteiger partial charge in [0.1, 0.15) is 17.5 Å². The maximum Gasteiger partial charge on any atom is 0.274 e. The number of hydrogen-bond acceptors (Lipinski definition) is 4. The van der Waals surface area contributed by atoms with Crippen molar-refractivity contribution in [2.24, 2.45) is 5.73 Å². The number of nitrogens with zero attached hydrogens (tertiary/aromatic N) is 1. The highest BCUT2D eigenvalue weighted by Crippen LogP contribution is 2.25. The van der Waals surface area contributed by atoms with E-state index in [9.17, 15) is 4.79 Å². The molecule has 0 spiro atoms. The van der Waals surface area contributed by atoms with E-state index in [0.717, 1.165) is 16.5 Å². The smallest absolute Gasteiger partial charge is 0.274 e. The Bertz CT molecular complexity index is 747. The van der Waals surface area contributed by atoms with E-state index in [0.29, 0.717) is 17.9 Å². The zero-order valence-electron chi connectivity index (χ0n) is 10.7. The molecule has 20 heavy (non-hydrogen) atoms. The van der Waals surface area contributed by atoms with Crippen LogP contribution in [0.3, 0.4) is 0 Å². The van der Waals surface area contributed by atoms with Gasteiger partial charge in [0.2, 0.25) is 0 Å². The minimum absolute atomic E-state index is 0.278. The number of amides is 1. The fourth-order valence-electron chi connectivity index (χ4n) is 1.94. The zero-order chi connectivity index (χ0) is 13.9. The average Bonchev–Trinajstić information content (AvgIpc) is 2.91. The molecule has 3 aromatic rings. The molecule has 0 bridgehead atoms. The molecule has 5 heteroatoms. The molecule has 3 N–H and O–H groups in total. The normalized spacial score (nSPS) is 10.7. The molecule has 0 atom stereocenters. The number of anilines is 1. The van der Waals surface area contributed by atoms with Crippen LogP contribution in [0.15, 0.2) is 53.3 Å². The number of nitrogens with two attached hydrogens (primary N) is 1. The van der Waals surface area contributed by atoms with Gasteiger partial charge in [-0.25, -0.2) is 0 Å². The fraction of sp³-hybridized carbons (Fsp3) is 0.0667. The quantitative estimate of drug-likeness (QED) is 0.764. The van der Waals surface area contributed by atoms with Crippen molar-refractivity contribution >= 4 is 22.6 Å². The summed E-state index contributed by atoms with van der Waals surface area (Å²) in [6, 6.07) is 10.9. The van der Waals surface area contributed by atoms with Crippen LogP contribution in [0, 0.1) is 0 Å². The van der Waals surface area contributed by atoms with Gasteiger partial charge in [0, 0.05) is 18.1 Å². The SMILES string of the molecule is NCc1ccc(C(=O)Nc2coc3ccccc23)nc1. The summed E-state index contributed by atoms with van der Waals surface area (Å²) in [4.78, 5) is 16.2. The second kappa shape index (κ2) is 5.14. The third kappa shape index (κ3) is 2.26. The molecule has 5 nitrogen and oxygen atoms in total. The summed E-state index contributed by atoms with van der Waals surface area (Å²) in [5.74, 6) is -0.278. The topological polar surface area (TPSA) is 81.2 Å². The number of rotatable bonds is 3. The highest BCUT2D eigenvalue weighted by molar-refractivity contribution is 6.07. The summed E-state index contributed by atoms with van der Waals surface area (Å²) in [5.41, 5.74) is 8.09. The first-order chi connectivity index (χ1) is 9.78. The lowest BCUT2D eigenvalue weighted by Crippen LogP contribution is -2.13. The molecule has 0 unspecified atom stereocenters. The molecule has 0 aliphatic carbocycles. The van der Waals surface area contributed by atoms with Crippen molar-refractivity contribution in [2.75, 3.05) is 5.32 Å². The molecular formula is C15H13N3O2. The molecule has 3 rings (SSSR count). The van der Waals surface area contributed by atoms with Crippen LogP contribution in [0.25, 0.3) is 11.0 Å². The second-order valence-electron chi connectivity index (χ2n) is 4.36. The number of aromatic nitrogens is 1. The van der Waals surface area contributed by atoms with Gasteiger partial charge < -0.3 is 15.5 Å². The molecule has 0 aliphatic rings. The number of fused-ring (bicyclic) bond motifs is 1. The first kappa shape index (κ1) is 12.4. The third-order valence-corrected chi connectivity index (χ3v) is 3.02. The van der Waals surface area contributed by atoms with Gasteiger partial charge in [0.15, 0.2) is 0 Å². The summed E-state index contributed by atoms with van der Waals surface area (Å²) in [6.45, 7) is 0.404. The Kier molecular flexibility index (Phi) is 3.18. The lowest BCUT2D eigenvalue weighted by atomic mass is 10.2. The zero-order valence-corrected chi connectivity index (χ0v) is 10.7. The van der Waals surface area contributed by atoms with Crippen LogP contribution in [0.5, 0.6) is 0 Å². The monoisotopic (exact) mass is 267 g/mol.